The van der Waals surface area contributed by atoms with Crippen molar-refractivity contribution in [3.63, 3.8) is 0 Å². The number of halogens is 1. The van der Waals surface area contributed by atoms with Crippen LogP contribution in [-0.2, 0) is 17.1 Å². The maximum absolute atomic E-state index is 12.9. The molecule has 0 saturated heterocycles. The highest BCUT2D eigenvalue weighted by Crippen LogP contribution is 2.24. The monoisotopic (exact) mass is 435 g/mol. The van der Waals surface area contributed by atoms with E-state index in [1.54, 1.807) is 49.8 Å². The summed E-state index contributed by atoms with van der Waals surface area (Å²) in [6.07, 6.45) is 0. The number of nitrogens with zero attached hydrogens (tertiary/aromatic N) is 2. The van der Waals surface area contributed by atoms with E-state index in [1.165, 1.54) is 10.7 Å². The Hall–Kier alpha value is -2.32. The van der Waals surface area contributed by atoms with Gasteiger partial charge in [-0.3, -0.25) is 14.2 Å². The van der Waals surface area contributed by atoms with Gasteiger partial charge in [0.15, 0.2) is 0 Å². The van der Waals surface area contributed by atoms with Gasteiger partial charge in [0.25, 0.3) is 15.6 Å². The van der Waals surface area contributed by atoms with Crippen molar-refractivity contribution in [2.45, 2.75) is 18.7 Å². The summed E-state index contributed by atoms with van der Waals surface area (Å²) in [6, 6.07) is 14.1. The number of anilines is 1. The van der Waals surface area contributed by atoms with Crippen molar-refractivity contribution in [1.82, 2.24) is 9.36 Å². The third kappa shape index (κ3) is 3.22. The van der Waals surface area contributed by atoms with Crippen LogP contribution >= 0.6 is 15.9 Å². The van der Waals surface area contributed by atoms with Gasteiger partial charge in [-0.25, -0.2) is 13.1 Å². The van der Waals surface area contributed by atoms with Crippen molar-refractivity contribution in [1.29, 1.82) is 0 Å². The third-order valence-corrected chi connectivity index (χ3v) is 6.22. The summed E-state index contributed by atoms with van der Waals surface area (Å²) in [7, 11) is -2.19. The number of para-hydroxylation sites is 1. The van der Waals surface area contributed by atoms with Crippen LogP contribution in [0, 0.1) is 13.8 Å². The average Bonchev–Trinajstić information content (AvgIpc) is 2.81. The zero-order valence-electron chi connectivity index (χ0n) is 14.5. The molecule has 0 aliphatic carbocycles. The Labute approximate surface area is 160 Å². The van der Waals surface area contributed by atoms with E-state index in [0.29, 0.717) is 21.4 Å². The van der Waals surface area contributed by atoms with E-state index in [2.05, 4.69) is 20.7 Å². The zero-order chi connectivity index (χ0) is 19.1. The van der Waals surface area contributed by atoms with Crippen LogP contribution in [-0.4, -0.2) is 17.8 Å². The molecule has 0 fully saturated rings. The smallest absolute Gasteiger partial charge is 0.283 e. The fraction of sp³-hybridized carbons (Fsp3) is 0.167. The second-order valence-corrected chi connectivity index (χ2v) is 8.52. The Kier molecular flexibility index (Phi) is 4.81. The molecule has 1 heterocycles. The SMILES string of the molecule is Cc1ccc(Br)cc1S(=O)(=O)Nc1c(C)n(C)n(-c2ccccc2)c1=O. The molecular weight excluding hydrogens is 418 g/mol. The molecule has 3 aromatic rings. The van der Waals surface area contributed by atoms with Gasteiger partial charge in [0.2, 0.25) is 0 Å². The van der Waals surface area contributed by atoms with Crippen LogP contribution in [0.3, 0.4) is 0 Å². The molecule has 136 valence electrons. The summed E-state index contributed by atoms with van der Waals surface area (Å²) in [4.78, 5) is 13.0. The van der Waals surface area contributed by atoms with Crippen molar-refractivity contribution in [2.24, 2.45) is 7.05 Å². The second-order valence-electron chi connectivity index (χ2n) is 5.95. The van der Waals surface area contributed by atoms with Gasteiger partial charge in [-0.15, -0.1) is 0 Å². The largest absolute Gasteiger partial charge is 0.296 e. The van der Waals surface area contributed by atoms with E-state index in [0.717, 1.165) is 0 Å². The Morgan fingerprint density at radius 1 is 1.04 bits per heavy atom. The number of nitrogens with one attached hydrogen (secondary N) is 1. The van der Waals surface area contributed by atoms with Gasteiger partial charge < -0.3 is 0 Å². The molecule has 2 aromatic carbocycles. The summed E-state index contributed by atoms with van der Waals surface area (Å²) in [5.74, 6) is 0. The normalized spacial score (nSPS) is 11.5. The lowest BCUT2D eigenvalue weighted by atomic mass is 10.2. The van der Waals surface area contributed by atoms with Crippen LogP contribution in [0.15, 0.2) is 62.7 Å². The lowest BCUT2D eigenvalue weighted by Gasteiger charge is -2.10. The summed E-state index contributed by atoms with van der Waals surface area (Å²) < 4.78 is 31.9. The maximum atomic E-state index is 12.9. The van der Waals surface area contributed by atoms with Crippen LogP contribution in [0.25, 0.3) is 5.69 Å². The Bertz CT molecular complexity index is 1130. The van der Waals surface area contributed by atoms with Gasteiger partial charge in [0.1, 0.15) is 5.69 Å². The van der Waals surface area contributed by atoms with Crippen molar-refractivity contribution in [2.75, 3.05) is 4.72 Å². The number of aryl methyl sites for hydroxylation is 1. The number of rotatable bonds is 4. The molecular formula is C18H18BrN3O3S. The molecule has 0 bridgehead atoms. The van der Waals surface area contributed by atoms with Crippen LogP contribution < -0.4 is 10.3 Å². The lowest BCUT2D eigenvalue weighted by Crippen LogP contribution is -2.23. The quantitative estimate of drug-likeness (QED) is 0.682. The first-order valence-corrected chi connectivity index (χ1v) is 10.1. The zero-order valence-corrected chi connectivity index (χ0v) is 16.9. The van der Waals surface area contributed by atoms with E-state index in [4.69, 9.17) is 0 Å². The number of aromatic nitrogens is 2. The molecule has 26 heavy (non-hydrogen) atoms. The van der Waals surface area contributed by atoms with E-state index < -0.39 is 15.6 Å². The first-order valence-electron chi connectivity index (χ1n) is 7.85. The Balaban J connectivity index is 2.12. The van der Waals surface area contributed by atoms with Gasteiger partial charge in [0, 0.05) is 11.5 Å². The number of hydrogen-bond acceptors (Lipinski definition) is 3. The third-order valence-electron chi connectivity index (χ3n) is 4.23. The molecule has 0 atom stereocenters. The van der Waals surface area contributed by atoms with Crippen LogP contribution in [0.1, 0.15) is 11.3 Å². The van der Waals surface area contributed by atoms with Gasteiger partial charge in [-0.1, -0.05) is 40.2 Å². The predicted molar refractivity (Wildman–Crippen MR) is 105 cm³/mol. The van der Waals surface area contributed by atoms with Crippen molar-refractivity contribution < 1.29 is 8.42 Å². The predicted octanol–water partition coefficient (Wildman–Crippen LogP) is 3.36. The molecule has 1 N–H and O–H groups in total. The molecule has 0 aliphatic rings. The molecule has 0 unspecified atom stereocenters. The Morgan fingerprint density at radius 3 is 2.35 bits per heavy atom. The number of hydrogen-bond donors (Lipinski definition) is 1. The second kappa shape index (κ2) is 6.77. The summed E-state index contributed by atoms with van der Waals surface area (Å²) in [5.41, 5.74) is 1.39. The highest BCUT2D eigenvalue weighted by molar-refractivity contribution is 9.10. The maximum Gasteiger partial charge on any atom is 0.296 e. The highest BCUT2D eigenvalue weighted by atomic mass is 79.9. The fourth-order valence-corrected chi connectivity index (χ4v) is 4.64. The molecule has 0 aliphatic heterocycles. The molecule has 1 aromatic heterocycles. The lowest BCUT2D eigenvalue weighted by molar-refractivity contribution is 0.600. The fourth-order valence-electron chi connectivity index (χ4n) is 2.74. The van der Waals surface area contributed by atoms with Crippen LogP contribution in [0.2, 0.25) is 0 Å². The van der Waals surface area contributed by atoms with Gasteiger partial charge >= 0.3 is 0 Å². The Morgan fingerprint density at radius 2 is 1.69 bits per heavy atom. The summed E-state index contributed by atoms with van der Waals surface area (Å²) in [5, 5.41) is 0. The molecule has 3 rings (SSSR count). The topological polar surface area (TPSA) is 73.1 Å². The average molecular weight is 436 g/mol. The summed E-state index contributed by atoms with van der Waals surface area (Å²) >= 11 is 3.29. The van der Waals surface area contributed by atoms with Gasteiger partial charge in [-0.05, 0) is 43.7 Å². The van der Waals surface area contributed by atoms with Gasteiger partial charge in [0.05, 0.1) is 16.3 Å². The van der Waals surface area contributed by atoms with Gasteiger partial charge in [-0.2, -0.15) is 0 Å². The molecule has 0 radical (unpaired) electrons. The minimum atomic E-state index is -3.90. The van der Waals surface area contributed by atoms with Crippen molar-refractivity contribution in [3.05, 3.63) is 74.6 Å². The first kappa shape index (κ1) is 18.5. The molecule has 6 nitrogen and oxygen atoms in total. The highest BCUT2D eigenvalue weighted by Gasteiger charge is 2.23. The number of sulfonamides is 1. The molecule has 0 amide bonds. The van der Waals surface area contributed by atoms with Crippen LogP contribution in [0.5, 0.6) is 0 Å². The van der Waals surface area contributed by atoms with E-state index in [1.807, 2.05) is 18.2 Å². The molecule has 8 heteroatoms. The van der Waals surface area contributed by atoms with Crippen LogP contribution in [0.4, 0.5) is 5.69 Å². The summed E-state index contributed by atoms with van der Waals surface area (Å²) in [6.45, 7) is 3.41. The van der Waals surface area contributed by atoms with E-state index in [-0.39, 0.29) is 10.6 Å². The van der Waals surface area contributed by atoms with E-state index >= 15 is 0 Å². The van der Waals surface area contributed by atoms with Crippen molar-refractivity contribution in [3.8, 4) is 5.69 Å². The minimum Gasteiger partial charge on any atom is -0.283 e. The first-order chi connectivity index (χ1) is 12.2. The van der Waals surface area contributed by atoms with E-state index in [9.17, 15) is 13.2 Å². The standard InChI is InChI=1S/C18H18BrN3O3S/c1-12-9-10-14(19)11-16(12)26(24,25)20-17-13(2)21(3)22(18(17)23)15-7-5-4-6-8-15/h4-11,20H,1-3H3. The molecule has 0 spiro atoms. The molecule has 0 saturated carbocycles. The van der Waals surface area contributed by atoms with Crippen molar-refractivity contribution >= 4 is 31.6 Å². The minimum absolute atomic E-state index is 0.0377. The number of benzene rings is 2.